The van der Waals surface area contributed by atoms with Gasteiger partial charge in [-0.3, -0.25) is 14.9 Å². The van der Waals surface area contributed by atoms with Crippen LogP contribution in [0, 0.1) is 22.9 Å². The number of aryl methyl sites for hydroxylation is 1. The summed E-state index contributed by atoms with van der Waals surface area (Å²) in [5.74, 6) is -1.40. The Morgan fingerprint density at radius 3 is 2.57 bits per heavy atom. The SMILES string of the molecule is Cc1cc(C(=O)Nc2ccc([N+](=O)[O-])cc2O)ccc1F. The molecule has 0 radical (unpaired) electrons. The standard InChI is InChI=1S/C14H11FN2O4/c1-8-6-9(2-4-11(8)15)14(19)16-12-5-3-10(17(20)21)7-13(12)18/h2-7,18H,1H3,(H,16,19). The number of hydrogen-bond donors (Lipinski definition) is 2. The largest absolute Gasteiger partial charge is 0.506 e. The topological polar surface area (TPSA) is 92.5 Å². The first-order valence-electron chi connectivity index (χ1n) is 5.93. The number of nitro groups is 1. The first-order chi connectivity index (χ1) is 9.88. The first-order valence-corrected chi connectivity index (χ1v) is 5.93. The van der Waals surface area contributed by atoms with Crippen molar-refractivity contribution in [2.24, 2.45) is 0 Å². The van der Waals surface area contributed by atoms with Crippen molar-refractivity contribution in [1.29, 1.82) is 0 Å². The van der Waals surface area contributed by atoms with E-state index in [2.05, 4.69) is 5.32 Å². The molecule has 2 rings (SSSR count). The summed E-state index contributed by atoms with van der Waals surface area (Å²) < 4.78 is 13.1. The molecule has 2 aromatic carbocycles. The van der Waals surface area contributed by atoms with Crippen LogP contribution in [0.4, 0.5) is 15.8 Å². The van der Waals surface area contributed by atoms with E-state index in [1.807, 2.05) is 0 Å². The summed E-state index contributed by atoms with van der Waals surface area (Å²) in [5, 5.41) is 22.6. The number of nitrogens with zero attached hydrogens (tertiary/aromatic N) is 1. The molecule has 0 saturated heterocycles. The van der Waals surface area contributed by atoms with E-state index in [0.29, 0.717) is 5.56 Å². The Labute approximate surface area is 119 Å². The van der Waals surface area contributed by atoms with Gasteiger partial charge in [0.2, 0.25) is 0 Å². The average Bonchev–Trinajstić information content (AvgIpc) is 2.43. The maximum Gasteiger partial charge on any atom is 0.273 e. The Kier molecular flexibility index (Phi) is 3.84. The van der Waals surface area contributed by atoms with Gasteiger partial charge in [-0.25, -0.2) is 4.39 Å². The number of rotatable bonds is 3. The van der Waals surface area contributed by atoms with E-state index in [1.165, 1.54) is 31.2 Å². The van der Waals surface area contributed by atoms with Crippen LogP contribution in [0.3, 0.4) is 0 Å². The number of anilines is 1. The van der Waals surface area contributed by atoms with Gasteiger partial charge < -0.3 is 10.4 Å². The van der Waals surface area contributed by atoms with Gasteiger partial charge in [0, 0.05) is 11.6 Å². The third-order valence-electron chi connectivity index (χ3n) is 2.86. The van der Waals surface area contributed by atoms with Gasteiger partial charge in [0.1, 0.15) is 11.6 Å². The molecule has 21 heavy (non-hydrogen) atoms. The number of phenolic OH excluding ortho intramolecular Hbond substituents is 1. The lowest BCUT2D eigenvalue weighted by Gasteiger charge is -2.08. The second-order valence-corrected chi connectivity index (χ2v) is 4.38. The van der Waals surface area contributed by atoms with Crippen LogP contribution in [0.5, 0.6) is 5.75 Å². The van der Waals surface area contributed by atoms with E-state index in [1.54, 1.807) is 0 Å². The molecule has 7 heteroatoms. The number of aromatic hydroxyl groups is 1. The monoisotopic (exact) mass is 290 g/mol. The van der Waals surface area contributed by atoms with Gasteiger partial charge in [-0.05, 0) is 36.8 Å². The molecule has 0 unspecified atom stereocenters. The van der Waals surface area contributed by atoms with Gasteiger partial charge in [-0.15, -0.1) is 0 Å². The Bertz CT molecular complexity index is 731. The molecule has 2 N–H and O–H groups in total. The van der Waals surface area contributed by atoms with Crippen molar-refractivity contribution in [3.63, 3.8) is 0 Å². The smallest absolute Gasteiger partial charge is 0.273 e. The number of carbonyl (C=O) groups is 1. The maximum atomic E-state index is 13.1. The summed E-state index contributed by atoms with van der Waals surface area (Å²) in [6.07, 6.45) is 0. The summed E-state index contributed by atoms with van der Waals surface area (Å²) in [6, 6.07) is 7.16. The molecular weight excluding hydrogens is 279 g/mol. The predicted octanol–water partition coefficient (Wildman–Crippen LogP) is 3.00. The van der Waals surface area contributed by atoms with Crippen molar-refractivity contribution in [2.45, 2.75) is 6.92 Å². The van der Waals surface area contributed by atoms with Crippen LogP contribution in [-0.4, -0.2) is 15.9 Å². The fraction of sp³-hybridized carbons (Fsp3) is 0.0714. The zero-order valence-corrected chi connectivity index (χ0v) is 11.0. The number of nitrogens with one attached hydrogen (secondary N) is 1. The molecule has 108 valence electrons. The Balaban J connectivity index is 2.23. The molecule has 0 heterocycles. The van der Waals surface area contributed by atoms with Crippen LogP contribution >= 0.6 is 0 Å². The maximum absolute atomic E-state index is 13.1. The van der Waals surface area contributed by atoms with E-state index in [4.69, 9.17) is 0 Å². The second kappa shape index (κ2) is 5.58. The summed E-state index contributed by atoms with van der Waals surface area (Å²) in [7, 11) is 0. The number of phenols is 1. The number of halogens is 1. The molecule has 0 saturated carbocycles. The number of amides is 1. The molecule has 0 aliphatic heterocycles. The van der Waals surface area contributed by atoms with Crippen LogP contribution in [-0.2, 0) is 0 Å². The number of carbonyl (C=O) groups excluding carboxylic acids is 1. The van der Waals surface area contributed by atoms with E-state index < -0.39 is 22.4 Å². The Morgan fingerprint density at radius 2 is 2.00 bits per heavy atom. The second-order valence-electron chi connectivity index (χ2n) is 4.38. The molecule has 0 atom stereocenters. The Morgan fingerprint density at radius 1 is 1.29 bits per heavy atom. The van der Waals surface area contributed by atoms with Gasteiger partial charge in [0.25, 0.3) is 11.6 Å². The number of nitro benzene ring substituents is 1. The Hall–Kier alpha value is -2.96. The first kappa shape index (κ1) is 14.4. The van der Waals surface area contributed by atoms with Crippen molar-refractivity contribution in [2.75, 3.05) is 5.32 Å². The van der Waals surface area contributed by atoms with Gasteiger partial charge >= 0.3 is 0 Å². The van der Waals surface area contributed by atoms with Gasteiger partial charge in [0.15, 0.2) is 0 Å². The molecule has 2 aromatic rings. The normalized spacial score (nSPS) is 10.2. The average molecular weight is 290 g/mol. The highest BCUT2D eigenvalue weighted by Gasteiger charge is 2.13. The van der Waals surface area contributed by atoms with Crippen LogP contribution < -0.4 is 5.32 Å². The zero-order chi connectivity index (χ0) is 15.6. The molecule has 0 bridgehead atoms. The fourth-order valence-corrected chi connectivity index (χ4v) is 1.72. The summed E-state index contributed by atoms with van der Waals surface area (Å²) in [4.78, 5) is 21.9. The van der Waals surface area contributed by atoms with Gasteiger partial charge in [-0.1, -0.05) is 0 Å². The molecule has 6 nitrogen and oxygen atoms in total. The molecule has 1 amide bonds. The summed E-state index contributed by atoms with van der Waals surface area (Å²) >= 11 is 0. The lowest BCUT2D eigenvalue weighted by molar-refractivity contribution is -0.384. The van der Waals surface area contributed by atoms with Gasteiger partial charge in [0.05, 0.1) is 16.7 Å². The van der Waals surface area contributed by atoms with Crippen molar-refractivity contribution in [1.82, 2.24) is 0 Å². The quantitative estimate of drug-likeness (QED) is 0.516. The molecule has 0 aromatic heterocycles. The lowest BCUT2D eigenvalue weighted by Crippen LogP contribution is -2.12. The van der Waals surface area contributed by atoms with Crippen molar-refractivity contribution >= 4 is 17.3 Å². The summed E-state index contributed by atoms with van der Waals surface area (Å²) in [5.41, 5.74) is 0.276. The minimum atomic E-state index is -0.658. The zero-order valence-electron chi connectivity index (χ0n) is 11.0. The van der Waals surface area contributed by atoms with Gasteiger partial charge in [-0.2, -0.15) is 0 Å². The predicted molar refractivity (Wildman–Crippen MR) is 73.9 cm³/mol. The number of hydrogen-bond acceptors (Lipinski definition) is 4. The lowest BCUT2D eigenvalue weighted by atomic mass is 10.1. The molecular formula is C14H11FN2O4. The molecule has 0 spiro atoms. The molecule has 0 aliphatic carbocycles. The minimum Gasteiger partial charge on any atom is -0.506 e. The third kappa shape index (κ3) is 3.14. The van der Waals surface area contributed by atoms with Crippen molar-refractivity contribution in [3.8, 4) is 5.75 Å². The van der Waals surface area contributed by atoms with Crippen LogP contribution in [0.15, 0.2) is 36.4 Å². The highest BCUT2D eigenvalue weighted by Crippen LogP contribution is 2.28. The highest BCUT2D eigenvalue weighted by molar-refractivity contribution is 6.05. The molecule has 0 aliphatic rings. The number of non-ortho nitro benzene ring substituents is 1. The minimum absolute atomic E-state index is 0.0348. The van der Waals surface area contributed by atoms with Crippen LogP contribution in [0.25, 0.3) is 0 Å². The van der Waals surface area contributed by atoms with E-state index in [-0.39, 0.29) is 16.9 Å². The summed E-state index contributed by atoms with van der Waals surface area (Å²) in [6.45, 7) is 1.52. The van der Waals surface area contributed by atoms with Crippen LogP contribution in [0.1, 0.15) is 15.9 Å². The molecule has 0 fully saturated rings. The van der Waals surface area contributed by atoms with Crippen molar-refractivity contribution < 1.29 is 19.2 Å². The van der Waals surface area contributed by atoms with E-state index in [0.717, 1.165) is 12.1 Å². The van der Waals surface area contributed by atoms with Crippen LogP contribution in [0.2, 0.25) is 0 Å². The van der Waals surface area contributed by atoms with E-state index >= 15 is 0 Å². The van der Waals surface area contributed by atoms with E-state index in [9.17, 15) is 24.4 Å². The highest BCUT2D eigenvalue weighted by atomic mass is 19.1. The number of benzene rings is 2. The third-order valence-corrected chi connectivity index (χ3v) is 2.86. The van der Waals surface area contributed by atoms with Crippen molar-refractivity contribution in [3.05, 3.63) is 63.5 Å². The fourth-order valence-electron chi connectivity index (χ4n) is 1.72.